The van der Waals surface area contributed by atoms with Crippen molar-refractivity contribution in [2.75, 3.05) is 0 Å². The SMILES string of the molecule is CCCCCC(=O)/C=C/CCc1ccccc1. The maximum Gasteiger partial charge on any atom is 0.155 e. The molecule has 0 bridgehead atoms. The first-order chi connectivity index (χ1) is 8.33. The van der Waals surface area contributed by atoms with E-state index in [4.69, 9.17) is 0 Å². The highest BCUT2D eigenvalue weighted by Gasteiger charge is 1.95. The van der Waals surface area contributed by atoms with Crippen LogP contribution in [0.1, 0.15) is 44.6 Å². The van der Waals surface area contributed by atoms with E-state index in [0.29, 0.717) is 6.42 Å². The lowest BCUT2D eigenvalue weighted by Gasteiger charge is -1.97. The van der Waals surface area contributed by atoms with Gasteiger partial charge in [0, 0.05) is 6.42 Å². The third-order valence-corrected chi connectivity index (χ3v) is 2.77. The minimum Gasteiger partial charge on any atom is -0.295 e. The molecule has 0 aliphatic rings. The van der Waals surface area contributed by atoms with Crippen LogP contribution < -0.4 is 0 Å². The van der Waals surface area contributed by atoms with Crippen molar-refractivity contribution < 1.29 is 4.79 Å². The average Bonchev–Trinajstić information content (AvgIpc) is 2.36. The van der Waals surface area contributed by atoms with E-state index >= 15 is 0 Å². The zero-order valence-corrected chi connectivity index (χ0v) is 10.7. The van der Waals surface area contributed by atoms with Crippen LogP contribution in [0, 0.1) is 0 Å². The number of carbonyl (C=O) groups is 1. The van der Waals surface area contributed by atoms with Crippen LogP contribution in [-0.2, 0) is 11.2 Å². The van der Waals surface area contributed by atoms with E-state index in [-0.39, 0.29) is 5.78 Å². The molecule has 0 aliphatic heterocycles. The van der Waals surface area contributed by atoms with Crippen LogP contribution in [0.25, 0.3) is 0 Å². The van der Waals surface area contributed by atoms with E-state index in [1.807, 2.05) is 12.1 Å². The van der Waals surface area contributed by atoms with Crippen LogP contribution in [0.15, 0.2) is 42.5 Å². The molecule has 0 aromatic heterocycles. The summed E-state index contributed by atoms with van der Waals surface area (Å²) < 4.78 is 0. The molecule has 0 N–H and O–H groups in total. The number of ketones is 1. The molecule has 1 aromatic rings. The molecule has 17 heavy (non-hydrogen) atoms. The molecule has 0 radical (unpaired) electrons. The Labute approximate surface area is 105 Å². The summed E-state index contributed by atoms with van der Waals surface area (Å²) in [4.78, 5) is 11.4. The van der Waals surface area contributed by atoms with Crippen LogP contribution in [0.5, 0.6) is 0 Å². The molecule has 0 fully saturated rings. The molecule has 1 heteroatoms. The Kier molecular flexibility index (Phi) is 7.04. The molecule has 0 aliphatic carbocycles. The molecule has 0 atom stereocenters. The Morgan fingerprint density at radius 2 is 1.94 bits per heavy atom. The minimum absolute atomic E-state index is 0.270. The van der Waals surface area contributed by atoms with Gasteiger partial charge in [0.05, 0.1) is 0 Å². The number of aryl methyl sites for hydroxylation is 1. The van der Waals surface area contributed by atoms with Crippen molar-refractivity contribution >= 4 is 5.78 Å². The summed E-state index contributed by atoms with van der Waals surface area (Å²) in [6, 6.07) is 10.4. The lowest BCUT2D eigenvalue weighted by Crippen LogP contribution is -1.92. The fourth-order valence-electron chi connectivity index (χ4n) is 1.74. The number of hydrogen-bond donors (Lipinski definition) is 0. The van der Waals surface area contributed by atoms with Gasteiger partial charge in [-0.15, -0.1) is 0 Å². The molecule has 92 valence electrons. The largest absolute Gasteiger partial charge is 0.295 e. The van der Waals surface area contributed by atoms with Gasteiger partial charge in [-0.2, -0.15) is 0 Å². The molecule has 0 amide bonds. The van der Waals surface area contributed by atoms with Gasteiger partial charge >= 0.3 is 0 Å². The van der Waals surface area contributed by atoms with Gasteiger partial charge in [0.25, 0.3) is 0 Å². The van der Waals surface area contributed by atoms with Crippen molar-refractivity contribution in [3.63, 3.8) is 0 Å². The lowest BCUT2D eigenvalue weighted by atomic mass is 10.1. The Morgan fingerprint density at radius 3 is 2.65 bits per heavy atom. The van der Waals surface area contributed by atoms with E-state index in [2.05, 4.69) is 31.2 Å². The summed E-state index contributed by atoms with van der Waals surface area (Å²) in [5, 5.41) is 0. The van der Waals surface area contributed by atoms with Crippen LogP contribution >= 0.6 is 0 Å². The molecule has 0 unspecified atom stereocenters. The molecule has 0 saturated heterocycles. The van der Waals surface area contributed by atoms with Gasteiger partial charge in [-0.25, -0.2) is 0 Å². The van der Waals surface area contributed by atoms with Crippen LogP contribution in [0.4, 0.5) is 0 Å². The van der Waals surface area contributed by atoms with E-state index in [1.54, 1.807) is 6.08 Å². The standard InChI is InChI=1S/C16H22O/c1-2-3-5-13-16(17)14-9-8-12-15-10-6-4-7-11-15/h4,6-7,9-11,14H,2-3,5,8,12-13H2,1H3/b14-9+. The van der Waals surface area contributed by atoms with E-state index in [0.717, 1.165) is 25.7 Å². The van der Waals surface area contributed by atoms with E-state index < -0.39 is 0 Å². The quantitative estimate of drug-likeness (QED) is 0.480. The van der Waals surface area contributed by atoms with Crippen molar-refractivity contribution in [1.82, 2.24) is 0 Å². The summed E-state index contributed by atoms with van der Waals surface area (Å²) in [5.41, 5.74) is 1.33. The summed E-state index contributed by atoms with van der Waals surface area (Å²) in [7, 11) is 0. The van der Waals surface area contributed by atoms with Gasteiger partial charge in [-0.1, -0.05) is 56.2 Å². The smallest absolute Gasteiger partial charge is 0.155 e. The summed E-state index contributed by atoms with van der Waals surface area (Å²) in [5.74, 6) is 0.270. The number of allylic oxidation sites excluding steroid dienone is 2. The van der Waals surface area contributed by atoms with Crippen molar-refractivity contribution in [3.05, 3.63) is 48.0 Å². The number of benzene rings is 1. The highest BCUT2D eigenvalue weighted by atomic mass is 16.1. The van der Waals surface area contributed by atoms with Crippen molar-refractivity contribution in [2.45, 2.75) is 45.4 Å². The van der Waals surface area contributed by atoms with Crippen molar-refractivity contribution in [1.29, 1.82) is 0 Å². The van der Waals surface area contributed by atoms with Gasteiger partial charge in [-0.05, 0) is 30.9 Å². The van der Waals surface area contributed by atoms with Crippen molar-refractivity contribution in [3.8, 4) is 0 Å². The predicted molar refractivity (Wildman–Crippen MR) is 73.1 cm³/mol. The molecule has 1 nitrogen and oxygen atoms in total. The fraction of sp³-hybridized carbons (Fsp3) is 0.438. The van der Waals surface area contributed by atoms with Crippen LogP contribution in [0.2, 0.25) is 0 Å². The Balaban J connectivity index is 2.15. The third-order valence-electron chi connectivity index (χ3n) is 2.77. The fourth-order valence-corrected chi connectivity index (χ4v) is 1.74. The second-order valence-electron chi connectivity index (χ2n) is 4.35. The zero-order valence-electron chi connectivity index (χ0n) is 10.7. The Bertz CT molecular complexity index is 338. The Morgan fingerprint density at radius 1 is 1.18 bits per heavy atom. The Hall–Kier alpha value is -1.37. The summed E-state index contributed by atoms with van der Waals surface area (Å²) >= 11 is 0. The second-order valence-corrected chi connectivity index (χ2v) is 4.35. The maximum atomic E-state index is 11.4. The monoisotopic (exact) mass is 230 g/mol. The normalized spacial score (nSPS) is 10.9. The average molecular weight is 230 g/mol. The van der Waals surface area contributed by atoms with E-state index in [1.165, 1.54) is 12.0 Å². The molecule has 0 saturated carbocycles. The van der Waals surface area contributed by atoms with Gasteiger partial charge in [-0.3, -0.25) is 4.79 Å². The molecular weight excluding hydrogens is 208 g/mol. The number of unbranched alkanes of at least 4 members (excludes halogenated alkanes) is 2. The number of hydrogen-bond acceptors (Lipinski definition) is 1. The lowest BCUT2D eigenvalue weighted by molar-refractivity contribution is -0.114. The zero-order chi connectivity index (χ0) is 12.3. The third kappa shape index (κ3) is 6.72. The van der Waals surface area contributed by atoms with Gasteiger partial charge in [0.2, 0.25) is 0 Å². The van der Waals surface area contributed by atoms with Gasteiger partial charge in [0.15, 0.2) is 5.78 Å². The maximum absolute atomic E-state index is 11.4. The molecule has 0 heterocycles. The number of rotatable bonds is 8. The first-order valence-corrected chi connectivity index (χ1v) is 6.56. The van der Waals surface area contributed by atoms with Crippen molar-refractivity contribution in [2.24, 2.45) is 0 Å². The topological polar surface area (TPSA) is 17.1 Å². The molecule has 1 rings (SSSR count). The second kappa shape index (κ2) is 8.74. The molecular formula is C16H22O. The van der Waals surface area contributed by atoms with Crippen LogP contribution in [0.3, 0.4) is 0 Å². The molecule has 1 aromatic carbocycles. The first-order valence-electron chi connectivity index (χ1n) is 6.56. The molecule has 0 spiro atoms. The summed E-state index contributed by atoms with van der Waals surface area (Å²) in [6.45, 7) is 2.15. The predicted octanol–water partition coefficient (Wildman–Crippen LogP) is 4.32. The highest BCUT2D eigenvalue weighted by Crippen LogP contribution is 2.04. The van der Waals surface area contributed by atoms with E-state index in [9.17, 15) is 4.79 Å². The summed E-state index contributed by atoms with van der Waals surface area (Å²) in [6.07, 6.45) is 9.77. The number of carbonyl (C=O) groups excluding carboxylic acids is 1. The minimum atomic E-state index is 0.270. The van der Waals surface area contributed by atoms with Crippen LogP contribution in [-0.4, -0.2) is 5.78 Å². The highest BCUT2D eigenvalue weighted by molar-refractivity contribution is 5.89. The van der Waals surface area contributed by atoms with Gasteiger partial charge in [0.1, 0.15) is 0 Å². The first kappa shape index (κ1) is 13.7. The van der Waals surface area contributed by atoms with Gasteiger partial charge < -0.3 is 0 Å².